The van der Waals surface area contributed by atoms with Crippen LogP contribution in [0.3, 0.4) is 0 Å². The zero-order valence-electron chi connectivity index (χ0n) is 10.2. The van der Waals surface area contributed by atoms with E-state index in [0.29, 0.717) is 20.8 Å². The van der Waals surface area contributed by atoms with Gasteiger partial charge < -0.3 is 5.32 Å². The fourth-order valence-corrected chi connectivity index (χ4v) is 2.09. The minimum Gasteiger partial charge on any atom is -0.321 e. The van der Waals surface area contributed by atoms with E-state index in [4.69, 9.17) is 34.8 Å². The third kappa shape index (κ3) is 4.27. The monoisotopic (exact) mass is 325 g/mol. The summed E-state index contributed by atoms with van der Waals surface area (Å²) < 4.78 is 0. The Morgan fingerprint density at radius 1 is 0.950 bits per heavy atom. The molecule has 0 aromatic heterocycles. The van der Waals surface area contributed by atoms with Gasteiger partial charge in [-0.2, -0.15) is 0 Å². The summed E-state index contributed by atoms with van der Waals surface area (Å²) in [7, 11) is 0. The predicted molar refractivity (Wildman–Crippen MR) is 85.6 cm³/mol. The van der Waals surface area contributed by atoms with E-state index in [1.807, 2.05) is 12.1 Å². The van der Waals surface area contributed by atoms with Crippen LogP contribution in [0.4, 0.5) is 5.69 Å². The van der Waals surface area contributed by atoms with Crippen LogP contribution in [-0.2, 0) is 4.79 Å². The van der Waals surface area contributed by atoms with Crippen LogP contribution in [0.2, 0.25) is 15.1 Å². The van der Waals surface area contributed by atoms with Crippen LogP contribution in [0.5, 0.6) is 0 Å². The summed E-state index contributed by atoms with van der Waals surface area (Å²) in [4.78, 5) is 11.8. The number of benzene rings is 2. The summed E-state index contributed by atoms with van der Waals surface area (Å²) in [6, 6.07) is 12.0. The van der Waals surface area contributed by atoms with E-state index in [0.717, 1.165) is 5.56 Å². The molecule has 1 amide bonds. The van der Waals surface area contributed by atoms with Crippen molar-refractivity contribution in [1.82, 2.24) is 0 Å². The Balaban J connectivity index is 2.03. The van der Waals surface area contributed by atoms with Crippen LogP contribution in [0, 0.1) is 0 Å². The molecule has 0 aliphatic carbocycles. The van der Waals surface area contributed by atoms with Crippen molar-refractivity contribution in [1.29, 1.82) is 0 Å². The minimum atomic E-state index is -0.274. The first-order chi connectivity index (χ1) is 9.54. The summed E-state index contributed by atoms with van der Waals surface area (Å²) >= 11 is 17.5. The Morgan fingerprint density at radius 3 is 2.25 bits per heavy atom. The van der Waals surface area contributed by atoms with Crippen molar-refractivity contribution in [2.24, 2.45) is 0 Å². The molecule has 0 aliphatic heterocycles. The van der Waals surface area contributed by atoms with E-state index in [9.17, 15) is 4.79 Å². The van der Waals surface area contributed by atoms with Gasteiger partial charge in [-0.05, 0) is 42.0 Å². The van der Waals surface area contributed by atoms with Gasteiger partial charge >= 0.3 is 0 Å². The van der Waals surface area contributed by atoms with Crippen LogP contribution in [0.15, 0.2) is 48.5 Å². The Bertz CT molecular complexity index is 651. The van der Waals surface area contributed by atoms with Crippen LogP contribution < -0.4 is 5.32 Å². The van der Waals surface area contributed by atoms with Gasteiger partial charge in [0.25, 0.3) is 0 Å². The largest absolute Gasteiger partial charge is 0.321 e. The number of rotatable bonds is 3. The van der Waals surface area contributed by atoms with Gasteiger partial charge in [-0.1, -0.05) is 46.9 Å². The number of carbonyl (C=O) groups is 1. The lowest BCUT2D eigenvalue weighted by Gasteiger charge is -2.04. The highest BCUT2D eigenvalue weighted by atomic mass is 35.5. The molecule has 2 aromatic carbocycles. The van der Waals surface area contributed by atoms with Crippen molar-refractivity contribution in [3.8, 4) is 0 Å². The van der Waals surface area contributed by atoms with Crippen LogP contribution in [0.25, 0.3) is 6.08 Å². The first-order valence-electron chi connectivity index (χ1n) is 5.74. The summed E-state index contributed by atoms with van der Waals surface area (Å²) in [6.45, 7) is 0. The van der Waals surface area contributed by atoms with Gasteiger partial charge in [-0.15, -0.1) is 0 Å². The molecule has 2 aromatic rings. The first-order valence-corrected chi connectivity index (χ1v) is 6.88. The number of anilines is 1. The number of nitrogens with one attached hydrogen (secondary N) is 1. The average Bonchev–Trinajstić information content (AvgIpc) is 2.41. The van der Waals surface area contributed by atoms with Crippen molar-refractivity contribution in [3.05, 3.63) is 69.2 Å². The SMILES string of the molecule is O=C(/C=C/c1ccc(Cl)cc1)Nc1ccc(Cl)cc1Cl. The molecule has 0 bridgehead atoms. The molecule has 0 saturated carbocycles. The lowest BCUT2D eigenvalue weighted by molar-refractivity contribution is -0.111. The molecule has 0 unspecified atom stereocenters. The van der Waals surface area contributed by atoms with E-state index >= 15 is 0 Å². The topological polar surface area (TPSA) is 29.1 Å². The first kappa shape index (κ1) is 14.9. The average molecular weight is 327 g/mol. The van der Waals surface area contributed by atoms with E-state index < -0.39 is 0 Å². The smallest absolute Gasteiger partial charge is 0.248 e. The minimum absolute atomic E-state index is 0.274. The Labute approximate surface area is 132 Å². The van der Waals surface area contributed by atoms with Gasteiger partial charge in [0, 0.05) is 16.1 Å². The van der Waals surface area contributed by atoms with Gasteiger partial charge in [0.05, 0.1) is 10.7 Å². The van der Waals surface area contributed by atoms with Gasteiger partial charge in [0.15, 0.2) is 0 Å². The van der Waals surface area contributed by atoms with E-state index in [-0.39, 0.29) is 5.91 Å². The molecule has 2 rings (SSSR count). The third-order valence-electron chi connectivity index (χ3n) is 2.49. The normalized spacial score (nSPS) is 10.8. The van der Waals surface area contributed by atoms with Crippen molar-refractivity contribution in [2.75, 3.05) is 5.32 Å². The number of amides is 1. The fraction of sp³-hybridized carbons (Fsp3) is 0. The molecule has 0 fully saturated rings. The van der Waals surface area contributed by atoms with Gasteiger partial charge in [-0.3, -0.25) is 4.79 Å². The highest BCUT2D eigenvalue weighted by Crippen LogP contribution is 2.25. The van der Waals surface area contributed by atoms with E-state index in [2.05, 4.69) is 5.32 Å². The van der Waals surface area contributed by atoms with E-state index in [1.54, 1.807) is 36.4 Å². The van der Waals surface area contributed by atoms with Gasteiger partial charge in [0.1, 0.15) is 0 Å². The molecule has 0 atom stereocenters. The van der Waals surface area contributed by atoms with Crippen molar-refractivity contribution in [2.45, 2.75) is 0 Å². The predicted octanol–water partition coefficient (Wildman–Crippen LogP) is 5.30. The van der Waals surface area contributed by atoms with Crippen LogP contribution in [-0.4, -0.2) is 5.91 Å². The Kier molecular flexibility index (Phi) is 5.07. The second-order valence-electron chi connectivity index (χ2n) is 4.00. The van der Waals surface area contributed by atoms with Crippen molar-refractivity contribution < 1.29 is 4.79 Å². The Hall–Kier alpha value is -1.48. The third-order valence-corrected chi connectivity index (χ3v) is 3.29. The maximum absolute atomic E-state index is 11.8. The van der Waals surface area contributed by atoms with Crippen molar-refractivity contribution >= 4 is 52.5 Å². The Morgan fingerprint density at radius 2 is 1.60 bits per heavy atom. The van der Waals surface area contributed by atoms with Crippen molar-refractivity contribution in [3.63, 3.8) is 0 Å². The molecule has 1 N–H and O–H groups in total. The lowest BCUT2D eigenvalue weighted by Crippen LogP contribution is -2.08. The zero-order valence-corrected chi connectivity index (χ0v) is 12.5. The number of carbonyl (C=O) groups excluding carboxylic acids is 1. The van der Waals surface area contributed by atoms with Crippen LogP contribution >= 0.6 is 34.8 Å². The summed E-state index contributed by atoms with van der Waals surface area (Å²) in [5.41, 5.74) is 1.40. The standard InChI is InChI=1S/C15H10Cl3NO/c16-11-4-1-10(2-5-11)3-8-15(20)19-14-7-6-12(17)9-13(14)18/h1-9H,(H,19,20)/b8-3+. The second-order valence-corrected chi connectivity index (χ2v) is 5.28. The summed E-state index contributed by atoms with van der Waals surface area (Å²) in [5.74, 6) is -0.274. The highest BCUT2D eigenvalue weighted by Gasteiger charge is 2.03. The second kappa shape index (κ2) is 6.80. The molecule has 5 heteroatoms. The molecular weight excluding hydrogens is 317 g/mol. The number of hydrogen-bond acceptors (Lipinski definition) is 1. The molecule has 0 saturated heterocycles. The maximum Gasteiger partial charge on any atom is 0.248 e. The summed E-state index contributed by atoms with van der Waals surface area (Å²) in [6.07, 6.45) is 3.11. The van der Waals surface area contributed by atoms with E-state index in [1.165, 1.54) is 6.08 Å². The van der Waals surface area contributed by atoms with Gasteiger partial charge in [-0.25, -0.2) is 0 Å². The molecule has 0 radical (unpaired) electrons. The molecular formula is C15H10Cl3NO. The highest BCUT2D eigenvalue weighted by molar-refractivity contribution is 6.36. The molecule has 2 nitrogen and oxygen atoms in total. The van der Waals surface area contributed by atoms with Gasteiger partial charge in [0.2, 0.25) is 5.91 Å². The molecule has 102 valence electrons. The zero-order chi connectivity index (χ0) is 14.5. The number of halogens is 3. The molecule has 0 heterocycles. The number of hydrogen-bond donors (Lipinski definition) is 1. The summed E-state index contributed by atoms with van der Waals surface area (Å²) in [5, 5.41) is 4.24. The van der Waals surface area contributed by atoms with Crippen LogP contribution in [0.1, 0.15) is 5.56 Å². The molecule has 0 spiro atoms. The lowest BCUT2D eigenvalue weighted by atomic mass is 10.2. The molecule has 20 heavy (non-hydrogen) atoms. The fourth-order valence-electron chi connectivity index (χ4n) is 1.51. The quantitative estimate of drug-likeness (QED) is 0.762. The molecule has 0 aliphatic rings. The maximum atomic E-state index is 11.8.